The number of aliphatic hydroxyl groups excluding tert-OH is 1. The van der Waals surface area contributed by atoms with Gasteiger partial charge >= 0.3 is 0 Å². The van der Waals surface area contributed by atoms with E-state index >= 15 is 0 Å². The van der Waals surface area contributed by atoms with Crippen molar-refractivity contribution in [3.8, 4) is 0 Å². The highest BCUT2D eigenvalue weighted by molar-refractivity contribution is 6.22. The average Bonchev–Trinajstić information content (AvgIpc) is 2.89. The third-order valence-electron chi connectivity index (χ3n) is 4.10. The SMILES string of the molecule is O=C(NCCO)c1ccc2c(c1)C(=O)N(CCc1ccccc1)C2=O. The van der Waals surface area contributed by atoms with E-state index in [2.05, 4.69) is 5.32 Å². The molecule has 3 amide bonds. The molecule has 0 atom stereocenters. The molecule has 0 aliphatic carbocycles. The van der Waals surface area contributed by atoms with Gasteiger partial charge in [0.15, 0.2) is 0 Å². The molecule has 3 rings (SSSR count). The van der Waals surface area contributed by atoms with Gasteiger partial charge in [0.05, 0.1) is 17.7 Å². The van der Waals surface area contributed by atoms with Gasteiger partial charge in [0.25, 0.3) is 17.7 Å². The van der Waals surface area contributed by atoms with Gasteiger partial charge in [-0.1, -0.05) is 30.3 Å². The van der Waals surface area contributed by atoms with Gasteiger partial charge in [-0.2, -0.15) is 0 Å². The van der Waals surface area contributed by atoms with Crippen molar-refractivity contribution in [2.24, 2.45) is 0 Å². The molecule has 25 heavy (non-hydrogen) atoms. The van der Waals surface area contributed by atoms with Crippen LogP contribution in [0.4, 0.5) is 0 Å². The Bertz CT molecular complexity index is 817. The maximum absolute atomic E-state index is 12.6. The van der Waals surface area contributed by atoms with Gasteiger partial charge in [0, 0.05) is 18.7 Å². The third kappa shape index (κ3) is 3.44. The molecule has 1 aliphatic rings. The second-order valence-electron chi connectivity index (χ2n) is 5.74. The molecule has 2 aromatic rings. The van der Waals surface area contributed by atoms with E-state index in [0.29, 0.717) is 24.1 Å². The maximum atomic E-state index is 12.6. The summed E-state index contributed by atoms with van der Waals surface area (Å²) in [5.41, 5.74) is 1.90. The number of nitrogens with zero attached hydrogens (tertiary/aromatic N) is 1. The monoisotopic (exact) mass is 338 g/mol. The van der Waals surface area contributed by atoms with E-state index in [1.165, 1.54) is 23.1 Å². The summed E-state index contributed by atoms with van der Waals surface area (Å²) in [7, 11) is 0. The number of imide groups is 1. The van der Waals surface area contributed by atoms with Crippen molar-refractivity contribution < 1.29 is 19.5 Å². The Morgan fingerprint density at radius 2 is 1.72 bits per heavy atom. The molecule has 128 valence electrons. The van der Waals surface area contributed by atoms with Crippen molar-refractivity contribution in [1.29, 1.82) is 0 Å². The molecule has 2 aromatic carbocycles. The van der Waals surface area contributed by atoms with E-state index in [-0.39, 0.29) is 36.4 Å². The van der Waals surface area contributed by atoms with Crippen LogP contribution in [-0.2, 0) is 6.42 Å². The lowest BCUT2D eigenvalue weighted by molar-refractivity contribution is 0.0656. The Morgan fingerprint density at radius 1 is 1.00 bits per heavy atom. The molecule has 6 heteroatoms. The summed E-state index contributed by atoms with van der Waals surface area (Å²) in [6.07, 6.45) is 0.580. The van der Waals surface area contributed by atoms with Crippen LogP contribution in [0.25, 0.3) is 0 Å². The van der Waals surface area contributed by atoms with Gasteiger partial charge in [-0.25, -0.2) is 0 Å². The predicted octanol–water partition coefficient (Wildman–Crippen LogP) is 1.25. The number of rotatable bonds is 6. The van der Waals surface area contributed by atoms with E-state index in [4.69, 9.17) is 5.11 Å². The van der Waals surface area contributed by atoms with E-state index in [9.17, 15) is 14.4 Å². The lowest BCUT2D eigenvalue weighted by Gasteiger charge is -2.13. The van der Waals surface area contributed by atoms with Gasteiger partial charge in [-0.3, -0.25) is 19.3 Å². The molecule has 0 spiro atoms. The highest BCUT2D eigenvalue weighted by Gasteiger charge is 2.35. The van der Waals surface area contributed by atoms with E-state index < -0.39 is 0 Å². The van der Waals surface area contributed by atoms with Crippen molar-refractivity contribution in [2.45, 2.75) is 6.42 Å². The zero-order valence-corrected chi connectivity index (χ0v) is 13.6. The molecule has 0 saturated carbocycles. The number of carbonyl (C=O) groups excluding carboxylic acids is 3. The molecule has 0 fully saturated rings. The van der Waals surface area contributed by atoms with Gasteiger partial charge in [0.2, 0.25) is 0 Å². The summed E-state index contributed by atoms with van der Waals surface area (Å²) >= 11 is 0. The number of fused-ring (bicyclic) bond motifs is 1. The first-order valence-corrected chi connectivity index (χ1v) is 8.05. The normalized spacial score (nSPS) is 13.1. The molecular formula is C19H18N2O4. The smallest absolute Gasteiger partial charge is 0.261 e. The molecule has 0 aromatic heterocycles. The minimum atomic E-state index is -0.389. The summed E-state index contributed by atoms with van der Waals surface area (Å²) < 4.78 is 0. The minimum Gasteiger partial charge on any atom is -0.395 e. The Kier molecular flexibility index (Phi) is 4.90. The largest absolute Gasteiger partial charge is 0.395 e. The van der Waals surface area contributed by atoms with Crippen LogP contribution in [0, 0.1) is 0 Å². The highest BCUT2D eigenvalue weighted by Crippen LogP contribution is 2.24. The molecule has 0 saturated heterocycles. The lowest BCUT2D eigenvalue weighted by Crippen LogP contribution is -2.31. The van der Waals surface area contributed by atoms with Crippen LogP contribution >= 0.6 is 0 Å². The van der Waals surface area contributed by atoms with E-state index in [0.717, 1.165) is 5.56 Å². The first-order chi connectivity index (χ1) is 12.1. The number of aliphatic hydroxyl groups is 1. The molecule has 6 nitrogen and oxygen atoms in total. The standard InChI is InChI=1S/C19H18N2O4/c22-11-9-20-17(23)14-6-7-15-16(12-14)19(25)21(18(15)24)10-8-13-4-2-1-3-5-13/h1-7,12,22H,8-11H2,(H,20,23). The summed E-state index contributed by atoms with van der Waals surface area (Å²) in [6, 6.07) is 14.1. The topological polar surface area (TPSA) is 86.7 Å². The highest BCUT2D eigenvalue weighted by atomic mass is 16.3. The molecule has 1 heterocycles. The fraction of sp³-hybridized carbons (Fsp3) is 0.211. The fourth-order valence-corrected chi connectivity index (χ4v) is 2.79. The molecule has 0 unspecified atom stereocenters. The van der Waals surface area contributed by atoms with E-state index in [1.54, 1.807) is 0 Å². The number of hydrogen-bond acceptors (Lipinski definition) is 4. The molecule has 0 bridgehead atoms. The van der Waals surface area contributed by atoms with Gasteiger partial charge in [-0.15, -0.1) is 0 Å². The Hall–Kier alpha value is -2.99. The minimum absolute atomic E-state index is 0.131. The number of hydrogen-bond donors (Lipinski definition) is 2. The summed E-state index contributed by atoms with van der Waals surface area (Å²) in [5, 5.41) is 11.3. The molecular weight excluding hydrogens is 320 g/mol. The zero-order chi connectivity index (χ0) is 17.8. The van der Waals surface area contributed by atoms with Crippen LogP contribution in [0.3, 0.4) is 0 Å². The Balaban J connectivity index is 1.76. The van der Waals surface area contributed by atoms with Gasteiger partial charge in [-0.05, 0) is 30.2 Å². The summed E-state index contributed by atoms with van der Waals surface area (Å²) in [4.78, 5) is 38.2. The zero-order valence-electron chi connectivity index (χ0n) is 13.6. The number of benzene rings is 2. The Labute approximate surface area is 145 Å². The van der Waals surface area contributed by atoms with Crippen LogP contribution in [-0.4, -0.2) is 47.4 Å². The van der Waals surface area contributed by atoms with Gasteiger partial charge < -0.3 is 10.4 Å². The number of amides is 3. The molecule has 1 aliphatic heterocycles. The second kappa shape index (κ2) is 7.27. The van der Waals surface area contributed by atoms with Crippen LogP contribution < -0.4 is 5.32 Å². The summed E-state index contributed by atoms with van der Waals surface area (Å²) in [5.74, 6) is -1.11. The third-order valence-corrected chi connectivity index (χ3v) is 4.10. The number of carbonyl (C=O) groups is 3. The summed E-state index contributed by atoms with van der Waals surface area (Å²) in [6.45, 7) is 0.260. The maximum Gasteiger partial charge on any atom is 0.261 e. The van der Waals surface area contributed by atoms with Crippen LogP contribution in [0.5, 0.6) is 0 Å². The quantitative estimate of drug-likeness (QED) is 0.776. The van der Waals surface area contributed by atoms with Crippen molar-refractivity contribution in [2.75, 3.05) is 19.7 Å². The van der Waals surface area contributed by atoms with Gasteiger partial charge in [0.1, 0.15) is 0 Å². The lowest BCUT2D eigenvalue weighted by atomic mass is 10.1. The van der Waals surface area contributed by atoms with Crippen molar-refractivity contribution >= 4 is 17.7 Å². The first kappa shape index (κ1) is 16.9. The van der Waals surface area contributed by atoms with Crippen LogP contribution in [0.1, 0.15) is 36.6 Å². The fourth-order valence-electron chi connectivity index (χ4n) is 2.79. The van der Waals surface area contributed by atoms with E-state index in [1.807, 2.05) is 30.3 Å². The first-order valence-electron chi connectivity index (χ1n) is 8.05. The average molecular weight is 338 g/mol. The number of nitrogens with one attached hydrogen (secondary N) is 1. The van der Waals surface area contributed by atoms with Crippen molar-refractivity contribution in [3.63, 3.8) is 0 Å². The van der Waals surface area contributed by atoms with Crippen molar-refractivity contribution in [3.05, 3.63) is 70.8 Å². The molecule has 2 N–H and O–H groups in total. The second-order valence-corrected chi connectivity index (χ2v) is 5.74. The van der Waals surface area contributed by atoms with Crippen molar-refractivity contribution in [1.82, 2.24) is 10.2 Å². The Morgan fingerprint density at radius 3 is 2.44 bits per heavy atom. The predicted molar refractivity (Wildman–Crippen MR) is 91.4 cm³/mol. The van der Waals surface area contributed by atoms with Crippen LogP contribution in [0.15, 0.2) is 48.5 Å². The molecule has 0 radical (unpaired) electrons. The van der Waals surface area contributed by atoms with Crippen LogP contribution in [0.2, 0.25) is 0 Å².